The van der Waals surface area contributed by atoms with Crippen molar-refractivity contribution < 1.29 is 9.90 Å². The number of nitrogens with one attached hydrogen (secondary N) is 1. The predicted molar refractivity (Wildman–Crippen MR) is 92.1 cm³/mol. The van der Waals surface area contributed by atoms with Crippen LogP contribution in [0.15, 0.2) is 18.2 Å². The van der Waals surface area contributed by atoms with Gasteiger partial charge in [0, 0.05) is 31.7 Å². The molecule has 1 aliphatic carbocycles. The number of aromatic amines is 1. The highest BCUT2D eigenvalue weighted by Crippen LogP contribution is 2.40. The van der Waals surface area contributed by atoms with E-state index < -0.39 is 0 Å². The summed E-state index contributed by atoms with van der Waals surface area (Å²) in [6.45, 7) is 5.66. The van der Waals surface area contributed by atoms with Crippen LogP contribution in [0.1, 0.15) is 35.1 Å². The first-order valence-corrected chi connectivity index (χ1v) is 8.81. The lowest BCUT2D eigenvalue weighted by atomic mass is 9.98. The van der Waals surface area contributed by atoms with E-state index in [0.29, 0.717) is 19.6 Å². The zero-order valence-electron chi connectivity index (χ0n) is 14.4. The largest absolute Gasteiger partial charge is 0.508 e. The molecule has 2 aliphatic rings. The van der Waals surface area contributed by atoms with Gasteiger partial charge in [-0.3, -0.25) is 14.8 Å². The molecule has 1 amide bonds. The van der Waals surface area contributed by atoms with E-state index in [2.05, 4.69) is 20.1 Å². The van der Waals surface area contributed by atoms with Crippen LogP contribution in [-0.2, 0) is 17.8 Å². The number of hydrogen-bond donors (Lipinski definition) is 2. The standard InChI is InChI=1S/C18H23N5O2/c1-12-19-16(21-20-12)11-22-7-9-23(10-8-22)18(25)14-6-5-13-3-2-4-15(24)17(13)14/h2-4,14,24H,5-11H2,1H3,(H,19,20,21). The molecule has 2 heterocycles. The highest BCUT2D eigenvalue weighted by atomic mass is 16.3. The van der Waals surface area contributed by atoms with Gasteiger partial charge < -0.3 is 10.0 Å². The Bertz CT molecular complexity index is 780. The number of phenolic OH excluding ortho intramolecular Hbond substituents is 1. The molecule has 0 spiro atoms. The lowest BCUT2D eigenvalue weighted by Crippen LogP contribution is -2.49. The van der Waals surface area contributed by atoms with Gasteiger partial charge in [0.15, 0.2) is 5.82 Å². The molecule has 1 atom stereocenters. The number of amides is 1. The van der Waals surface area contributed by atoms with E-state index in [9.17, 15) is 9.90 Å². The molecule has 1 aromatic heterocycles. The second-order valence-corrected chi connectivity index (χ2v) is 6.88. The molecule has 1 fully saturated rings. The second-order valence-electron chi connectivity index (χ2n) is 6.88. The first kappa shape index (κ1) is 16.1. The molecule has 7 nitrogen and oxygen atoms in total. The van der Waals surface area contributed by atoms with E-state index in [4.69, 9.17) is 0 Å². The van der Waals surface area contributed by atoms with Crippen LogP contribution in [0.4, 0.5) is 0 Å². The Morgan fingerprint density at radius 2 is 2.12 bits per heavy atom. The number of hydrogen-bond acceptors (Lipinski definition) is 5. The van der Waals surface area contributed by atoms with Crippen molar-refractivity contribution in [3.05, 3.63) is 41.0 Å². The fourth-order valence-electron chi connectivity index (χ4n) is 3.92. The number of aryl methyl sites for hydroxylation is 2. The summed E-state index contributed by atoms with van der Waals surface area (Å²) in [4.78, 5) is 21.5. The van der Waals surface area contributed by atoms with Crippen LogP contribution in [0.5, 0.6) is 5.75 Å². The van der Waals surface area contributed by atoms with Crippen LogP contribution in [0.3, 0.4) is 0 Å². The maximum absolute atomic E-state index is 13.0. The highest BCUT2D eigenvalue weighted by Gasteiger charge is 2.35. The number of rotatable bonds is 3. The zero-order valence-corrected chi connectivity index (χ0v) is 14.4. The fraction of sp³-hybridized carbons (Fsp3) is 0.500. The highest BCUT2D eigenvalue weighted by molar-refractivity contribution is 5.86. The van der Waals surface area contributed by atoms with Gasteiger partial charge in [-0.15, -0.1) is 0 Å². The van der Waals surface area contributed by atoms with E-state index in [1.807, 2.05) is 24.0 Å². The minimum Gasteiger partial charge on any atom is -0.508 e. The normalized spacial score (nSPS) is 20.7. The summed E-state index contributed by atoms with van der Waals surface area (Å²) in [5.41, 5.74) is 1.95. The molecule has 0 radical (unpaired) electrons. The van der Waals surface area contributed by atoms with Crippen molar-refractivity contribution in [2.75, 3.05) is 26.2 Å². The van der Waals surface area contributed by atoms with Gasteiger partial charge in [0.2, 0.25) is 5.91 Å². The van der Waals surface area contributed by atoms with Crippen LogP contribution in [-0.4, -0.2) is 62.2 Å². The Morgan fingerprint density at radius 3 is 2.84 bits per heavy atom. The van der Waals surface area contributed by atoms with Crippen molar-refractivity contribution in [2.24, 2.45) is 0 Å². The molecule has 132 valence electrons. The van der Waals surface area contributed by atoms with Crippen molar-refractivity contribution in [2.45, 2.75) is 32.2 Å². The van der Waals surface area contributed by atoms with E-state index in [-0.39, 0.29) is 17.6 Å². The van der Waals surface area contributed by atoms with Gasteiger partial charge in [-0.25, -0.2) is 4.98 Å². The van der Waals surface area contributed by atoms with Gasteiger partial charge in [0.05, 0.1) is 12.5 Å². The number of phenols is 1. The van der Waals surface area contributed by atoms with Crippen LogP contribution in [0.2, 0.25) is 0 Å². The molecular weight excluding hydrogens is 318 g/mol. The van der Waals surface area contributed by atoms with Crippen LogP contribution >= 0.6 is 0 Å². The average Bonchev–Trinajstić information content (AvgIpc) is 3.22. The smallest absolute Gasteiger partial charge is 0.230 e. The molecule has 1 unspecified atom stereocenters. The Kier molecular flexibility index (Phi) is 4.17. The van der Waals surface area contributed by atoms with Gasteiger partial charge in [0.1, 0.15) is 11.6 Å². The molecule has 0 saturated carbocycles. The number of carbonyl (C=O) groups excluding carboxylic acids is 1. The lowest BCUT2D eigenvalue weighted by molar-refractivity contribution is -0.134. The average molecular weight is 341 g/mol. The Balaban J connectivity index is 1.38. The third-order valence-electron chi connectivity index (χ3n) is 5.21. The number of aromatic nitrogens is 3. The maximum Gasteiger partial charge on any atom is 0.230 e. The van der Waals surface area contributed by atoms with E-state index in [1.165, 1.54) is 0 Å². The van der Waals surface area contributed by atoms with Gasteiger partial charge in [-0.05, 0) is 31.4 Å². The van der Waals surface area contributed by atoms with E-state index in [1.54, 1.807) is 6.07 Å². The zero-order chi connectivity index (χ0) is 17.4. The minimum absolute atomic E-state index is 0.147. The third-order valence-corrected chi connectivity index (χ3v) is 5.21. The number of nitrogens with zero attached hydrogens (tertiary/aromatic N) is 4. The first-order valence-electron chi connectivity index (χ1n) is 8.81. The molecule has 7 heteroatoms. The van der Waals surface area contributed by atoms with Crippen molar-refractivity contribution >= 4 is 5.91 Å². The Morgan fingerprint density at radius 1 is 1.32 bits per heavy atom. The molecule has 1 aromatic carbocycles. The molecule has 25 heavy (non-hydrogen) atoms. The summed E-state index contributed by atoms with van der Waals surface area (Å²) < 4.78 is 0. The number of piperazine rings is 1. The molecule has 2 aromatic rings. The Hall–Kier alpha value is -2.41. The fourth-order valence-corrected chi connectivity index (χ4v) is 3.92. The summed E-state index contributed by atoms with van der Waals surface area (Å²) in [6.07, 6.45) is 1.66. The van der Waals surface area contributed by atoms with Crippen molar-refractivity contribution in [3.8, 4) is 5.75 Å². The van der Waals surface area contributed by atoms with Gasteiger partial charge in [-0.1, -0.05) is 12.1 Å². The number of fused-ring (bicyclic) bond motifs is 1. The van der Waals surface area contributed by atoms with E-state index >= 15 is 0 Å². The van der Waals surface area contributed by atoms with Gasteiger partial charge in [-0.2, -0.15) is 5.10 Å². The summed E-state index contributed by atoms with van der Waals surface area (Å²) >= 11 is 0. The maximum atomic E-state index is 13.0. The topological polar surface area (TPSA) is 85.3 Å². The van der Waals surface area contributed by atoms with Crippen molar-refractivity contribution in [1.82, 2.24) is 25.0 Å². The second kappa shape index (κ2) is 6.48. The summed E-state index contributed by atoms with van der Waals surface area (Å²) in [5, 5.41) is 17.2. The Labute approximate surface area is 146 Å². The molecule has 0 bridgehead atoms. The quantitative estimate of drug-likeness (QED) is 0.876. The van der Waals surface area contributed by atoms with Crippen LogP contribution in [0, 0.1) is 6.92 Å². The number of H-pyrrole nitrogens is 1. The molecule has 1 aliphatic heterocycles. The lowest BCUT2D eigenvalue weighted by Gasteiger charge is -2.35. The van der Waals surface area contributed by atoms with Crippen LogP contribution < -0.4 is 0 Å². The summed E-state index contributed by atoms with van der Waals surface area (Å²) in [6, 6.07) is 5.55. The molecular formula is C18H23N5O2. The molecule has 2 N–H and O–H groups in total. The number of carbonyl (C=O) groups is 1. The SMILES string of the molecule is Cc1nc(CN2CCN(C(=O)C3CCc4cccc(O)c43)CC2)n[nH]1. The van der Waals surface area contributed by atoms with Crippen LogP contribution in [0.25, 0.3) is 0 Å². The molecule has 4 rings (SSSR count). The molecule has 1 saturated heterocycles. The number of benzene rings is 1. The third kappa shape index (κ3) is 3.11. The van der Waals surface area contributed by atoms with Crippen molar-refractivity contribution in [1.29, 1.82) is 0 Å². The van der Waals surface area contributed by atoms with Crippen molar-refractivity contribution in [3.63, 3.8) is 0 Å². The monoisotopic (exact) mass is 341 g/mol. The van der Waals surface area contributed by atoms with E-state index in [0.717, 1.165) is 48.7 Å². The predicted octanol–water partition coefficient (Wildman–Crippen LogP) is 1.19. The minimum atomic E-state index is -0.196. The summed E-state index contributed by atoms with van der Waals surface area (Å²) in [5.74, 6) is 1.83. The number of aromatic hydroxyl groups is 1. The van der Waals surface area contributed by atoms with Gasteiger partial charge >= 0.3 is 0 Å². The van der Waals surface area contributed by atoms with Gasteiger partial charge in [0.25, 0.3) is 0 Å². The summed E-state index contributed by atoms with van der Waals surface area (Å²) in [7, 11) is 0. The first-order chi connectivity index (χ1) is 12.1.